The summed E-state index contributed by atoms with van der Waals surface area (Å²) < 4.78 is 0. The van der Waals surface area contributed by atoms with Crippen molar-refractivity contribution >= 4 is 11.9 Å². The zero-order valence-corrected chi connectivity index (χ0v) is 11.0. The van der Waals surface area contributed by atoms with Gasteiger partial charge in [-0.2, -0.15) is 0 Å². The summed E-state index contributed by atoms with van der Waals surface area (Å²) in [5.74, 6) is -0.629. The molecular weight excluding hydrogens is 232 g/mol. The summed E-state index contributed by atoms with van der Waals surface area (Å²) in [4.78, 5) is 26.7. The van der Waals surface area contributed by atoms with Gasteiger partial charge in [0.05, 0.1) is 13.0 Å². The van der Waals surface area contributed by atoms with Crippen LogP contribution in [0.15, 0.2) is 0 Å². The number of nitrogens with zero attached hydrogens (tertiary/aromatic N) is 2. The molecule has 0 aromatic rings. The van der Waals surface area contributed by atoms with Crippen molar-refractivity contribution in [2.75, 3.05) is 20.1 Å². The van der Waals surface area contributed by atoms with Gasteiger partial charge >= 0.3 is 5.97 Å². The molecule has 0 spiro atoms. The second-order valence-electron chi connectivity index (χ2n) is 5.50. The molecule has 1 heterocycles. The molecule has 1 saturated carbocycles. The monoisotopic (exact) mass is 254 g/mol. The first kappa shape index (κ1) is 13.3. The smallest absolute Gasteiger partial charge is 0.305 e. The zero-order chi connectivity index (χ0) is 13.1. The van der Waals surface area contributed by atoms with Crippen molar-refractivity contribution in [2.24, 2.45) is 0 Å². The fraction of sp³-hybridized carbons (Fsp3) is 0.846. The molecule has 1 N–H and O–H groups in total. The molecule has 1 atom stereocenters. The van der Waals surface area contributed by atoms with E-state index in [4.69, 9.17) is 5.11 Å². The highest BCUT2D eigenvalue weighted by Gasteiger charge is 2.35. The predicted octanol–water partition coefficient (Wildman–Crippen LogP) is 0.936. The van der Waals surface area contributed by atoms with Gasteiger partial charge in [0.2, 0.25) is 5.91 Å². The number of carboxylic acid groups (broad SMARTS) is 1. The minimum atomic E-state index is -0.787. The zero-order valence-electron chi connectivity index (χ0n) is 11.0. The Labute approximate surface area is 108 Å². The molecule has 1 amide bonds. The quantitative estimate of drug-likeness (QED) is 0.814. The van der Waals surface area contributed by atoms with Crippen LogP contribution >= 0.6 is 0 Å². The van der Waals surface area contributed by atoms with Gasteiger partial charge in [0.15, 0.2) is 0 Å². The van der Waals surface area contributed by atoms with Gasteiger partial charge in [-0.3, -0.25) is 14.5 Å². The number of likely N-dealkylation sites (N-methyl/N-ethyl adjacent to an activating group) is 1. The lowest BCUT2D eigenvalue weighted by Gasteiger charge is -2.43. The highest BCUT2D eigenvalue weighted by Crippen LogP contribution is 2.25. The summed E-state index contributed by atoms with van der Waals surface area (Å²) in [6.45, 7) is 0.931. The Balaban J connectivity index is 2.00. The van der Waals surface area contributed by atoms with Gasteiger partial charge in [-0.25, -0.2) is 0 Å². The molecule has 18 heavy (non-hydrogen) atoms. The first-order chi connectivity index (χ1) is 8.58. The lowest BCUT2D eigenvalue weighted by Crippen LogP contribution is -2.58. The molecule has 102 valence electrons. The molecule has 1 aliphatic heterocycles. The van der Waals surface area contributed by atoms with E-state index in [-0.39, 0.29) is 18.4 Å². The maximum atomic E-state index is 12.1. The number of hydrogen-bond acceptors (Lipinski definition) is 3. The topological polar surface area (TPSA) is 60.9 Å². The maximum absolute atomic E-state index is 12.1. The van der Waals surface area contributed by atoms with Gasteiger partial charge in [0.1, 0.15) is 0 Å². The van der Waals surface area contributed by atoms with Crippen LogP contribution in [0.5, 0.6) is 0 Å². The van der Waals surface area contributed by atoms with Crippen molar-refractivity contribution in [3.05, 3.63) is 0 Å². The number of carbonyl (C=O) groups excluding carboxylic acids is 1. The van der Waals surface area contributed by atoms with Crippen LogP contribution in [-0.4, -0.2) is 59.0 Å². The molecule has 0 aromatic heterocycles. The van der Waals surface area contributed by atoms with Gasteiger partial charge in [-0.05, 0) is 19.9 Å². The van der Waals surface area contributed by atoms with Crippen molar-refractivity contribution in [1.29, 1.82) is 0 Å². The summed E-state index contributed by atoms with van der Waals surface area (Å²) >= 11 is 0. The Morgan fingerprint density at radius 3 is 2.61 bits per heavy atom. The number of carboxylic acids is 1. The molecule has 2 rings (SSSR count). The molecule has 2 aliphatic rings. The third kappa shape index (κ3) is 3.02. The third-order valence-corrected chi connectivity index (χ3v) is 4.16. The van der Waals surface area contributed by atoms with E-state index in [9.17, 15) is 9.59 Å². The number of hydrogen-bond donors (Lipinski definition) is 1. The van der Waals surface area contributed by atoms with Crippen molar-refractivity contribution in [2.45, 2.75) is 50.6 Å². The number of carbonyl (C=O) groups is 2. The van der Waals surface area contributed by atoms with Gasteiger partial charge in [0.25, 0.3) is 0 Å². The Bertz CT molecular complexity index is 326. The van der Waals surface area contributed by atoms with Crippen molar-refractivity contribution in [3.8, 4) is 0 Å². The second-order valence-corrected chi connectivity index (χ2v) is 5.50. The molecule has 1 aliphatic carbocycles. The largest absolute Gasteiger partial charge is 0.481 e. The van der Waals surface area contributed by atoms with Crippen LogP contribution in [0.25, 0.3) is 0 Å². The Kier molecular flexibility index (Phi) is 4.22. The van der Waals surface area contributed by atoms with E-state index in [2.05, 4.69) is 0 Å². The van der Waals surface area contributed by atoms with Crippen LogP contribution < -0.4 is 0 Å². The molecular formula is C13H22N2O3. The first-order valence-electron chi connectivity index (χ1n) is 6.79. The first-order valence-corrected chi connectivity index (χ1v) is 6.79. The summed E-state index contributed by atoms with van der Waals surface area (Å²) in [6, 6.07) is 0.304. The summed E-state index contributed by atoms with van der Waals surface area (Å²) in [5, 5.41) is 8.92. The number of amides is 1. The minimum Gasteiger partial charge on any atom is -0.481 e. The van der Waals surface area contributed by atoms with E-state index >= 15 is 0 Å². The van der Waals surface area contributed by atoms with Crippen LogP contribution in [0, 0.1) is 0 Å². The molecule has 1 unspecified atom stereocenters. The Morgan fingerprint density at radius 2 is 2.00 bits per heavy atom. The highest BCUT2D eigenvalue weighted by atomic mass is 16.4. The minimum absolute atomic E-state index is 0.0397. The number of aliphatic carboxylic acids is 1. The van der Waals surface area contributed by atoms with E-state index in [0.717, 1.165) is 12.8 Å². The van der Waals surface area contributed by atoms with Crippen LogP contribution in [0.3, 0.4) is 0 Å². The van der Waals surface area contributed by atoms with E-state index in [0.29, 0.717) is 19.1 Å². The van der Waals surface area contributed by atoms with Crippen LogP contribution in [0.4, 0.5) is 0 Å². The second kappa shape index (κ2) is 5.69. The predicted molar refractivity (Wildman–Crippen MR) is 67.3 cm³/mol. The van der Waals surface area contributed by atoms with Crippen molar-refractivity contribution in [1.82, 2.24) is 9.80 Å². The van der Waals surface area contributed by atoms with Gasteiger partial charge in [-0.15, -0.1) is 0 Å². The molecule has 2 fully saturated rings. The summed E-state index contributed by atoms with van der Waals surface area (Å²) in [5.41, 5.74) is 0. The van der Waals surface area contributed by atoms with Gasteiger partial charge < -0.3 is 10.0 Å². The third-order valence-electron chi connectivity index (χ3n) is 4.16. The van der Waals surface area contributed by atoms with E-state index in [1.165, 1.54) is 19.3 Å². The van der Waals surface area contributed by atoms with Crippen molar-refractivity contribution < 1.29 is 14.7 Å². The Morgan fingerprint density at radius 1 is 1.33 bits per heavy atom. The normalized spacial score (nSPS) is 27.5. The van der Waals surface area contributed by atoms with Crippen molar-refractivity contribution in [3.63, 3.8) is 0 Å². The molecule has 0 radical (unpaired) electrons. The van der Waals surface area contributed by atoms with Crippen LogP contribution in [0.1, 0.15) is 38.5 Å². The number of rotatable bonds is 3. The standard InChI is InChI=1S/C13H22N2O3/c1-14-9-12(16)15(8-11(14)7-13(17)18)10-5-3-2-4-6-10/h10-11H,2-9H2,1H3,(H,17,18). The SMILES string of the molecule is CN1CC(=O)N(C2CCCCC2)CC1CC(=O)O. The summed E-state index contributed by atoms with van der Waals surface area (Å²) in [6.07, 6.45) is 5.91. The van der Waals surface area contributed by atoms with Gasteiger partial charge in [-0.1, -0.05) is 19.3 Å². The van der Waals surface area contributed by atoms with E-state index < -0.39 is 5.97 Å². The van der Waals surface area contributed by atoms with Crippen LogP contribution in [-0.2, 0) is 9.59 Å². The Hall–Kier alpha value is -1.10. The molecule has 0 bridgehead atoms. The van der Waals surface area contributed by atoms with E-state index in [1.807, 2.05) is 16.8 Å². The highest BCUT2D eigenvalue weighted by molar-refractivity contribution is 5.80. The fourth-order valence-electron chi connectivity index (χ4n) is 3.07. The molecule has 5 heteroatoms. The molecule has 0 aromatic carbocycles. The van der Waals surface area contributed by atoms with E-state index in [1.54, 1.807) is 0 Å². The number of piperazine rings is 1. The lowest BCUT2D eigenvalue weighted by molar-refractivity contribution is -0.146. The molecule has 1 saturated heterocycles. The summed E-state index contributed by atoms with van der Waals surface area (Å²) in [7, 11) is 1.84. The van der Waals surface area contributed by atoms with Gasteiger partial charge in [0, 0.05) is 18.6 Å². The molecule has 5 nitrogen and oxygen atoms in total. The fourth-order valence-corrected chi connectivity index (χ4v) is 3.07. The average Bonchev–Trinajstić information content (AvgIpc) is 2.33. The lowest BCUT2D eigenvalue weighted by atomic mass is 9.93. The maximum Gasteiger partial charge on any atom is 0.305 e. The van der Waals surface area contributed by atoms with Crippen LogP contribution in [0.2, 0.25) is 0 Å². The average molecular weight is 254 g/mol.